The predicted molar refractivity (Wildman–Crippen MR) is 121 cm³/mol. The summed E-state index contributed by atoms with van der Waals surface area (Å²) < 4.78 is 6.32. The van der Waals surface area contributed by atoms with Gasteiger partial charge in [-0.2, -0.15) is 0 Å². The minimum absolute atomic E-state index is 0.709. The van der Waals surface area contributed by atoms with Crippen LogP contribution >= 0.6 is 0 Å². The molecule has 3 nitrogen and oxygen atoms in total. The second kappa shape index (κ2) is 7.97. The van der Waals surface area contributed by atoms with Gasteiger partial charge in [0.25, 0.3) is 0 Å². The lowest BCUT2D eigenvalue weighted by Crippen LogP contribution is -1.98. The number of hydrogen-bond acceptors (Lipinski definition) is 2. The highest BCUT2D eigenvalue weighted by Crippen LogP contribution is 2.38. The third-order valence-electron chi connectivity index (χ3n) is 4.69. The average molecular weight is 367 g/mol. The van der Waals surface area contributed by atoms with Crippen molar-refractivity contribution in [1.82, 2.24) is 0 Å². The van der Waals surface area contributed by atoms with Crippen molar-refractivity contribution in [3.05, 3.63) is 92.0 Å². The van der Waals surface area contributed by atoms with E-state index in [4.69, 9.17) is 4.42 Å². The van der Waals surface area contributed by atoms with E-state index < -0.39 is 0 Å². The van der Waals surface area contributed by atoms with Gasteiger partial charge >= 0.3 is 11.2 Å². The molecule has 1 heterocycles. The Morgan fingerprint density at radius 3 is 1.75 bits per heavy atom. The molecule has 0 saturated heterocycles. The summed E-state index contributed by atoms with van der Waals surface area (Å²) in [6.07, 6.45) is 3.68. The Morgan fingerprint density at radius 1 is 0.714 bits per heavy atom. The van der Waals surface area contributed by atoms with Crippen LogP contribution in [0, 0.1) is 0 Å². The van der Waals surface area contributed by atoms with E-state index in [1.54, 1.807) is 0 Å². The minimum Gasteiger partial charge on any atom is -0.381 e. The maximum Gasteiger partial charge on any atom is 0.363 e. The first-order valence-corrected chi connectivity index (χ1v) is 9.39. The molecule has 138 valence electrons. The van der Waals surface area contributed by atoms with Gasteiger partial charge in [0.15, 0.2) is 0 Å². The van der Waals surface area contributed by atoms with E-state index in [9.17, 15) is 0 Å². The van der Waals surface area contributed by atoms with Crippen molar-refractivity contribution in [2.45, 2.75) is 0 Å². The molecule has 3 aromatic carbocycles. The van der Waals surface area contributed by atoms with Gasteiger partial charge in [0.2, 0.25) is 0 Å². The molecule has 0 radical (unpaired) electrons. The van der Waals surface area contributed by atoms with E-state index in [2.05, 4.69) is 84.5 Å². The zero-order valence-corrected chi connectivity index (χ0v) is 15.7. The first kappa shape index (κ1) is 17.8. The molecule has 0 fully saturated rings. The van der Waals surface area contributed by atoms with Crippen molar-refractivity contribution >= 4 is 33.3 Å². The molecule has 0 aliphatic carbocycles. The Kier molecular flexibility index (Phi) is 5.07. The Morgan fingerprint density at radius 2 is 1.25 bits per heavy atom. The Balaban J connectivity index is 1.96. The highest BCUT2D eigenvalue weighted by molar-refractivity contribution is 6.09. The largest absolute Gasteiger partial charge is 0.381 e. The molecule has 0 saturated carbocycles. The normalized spacial score (nSPS) is 10.7. The fourth-order valence-electron chi connectivity index (χ4n) is 3.41. The first-order chi connectivity index (χ1) is 13.8. The molecular weight excluding hydrogens is 344 g/mol. The number of benzene rings is 3. The van der Waals surface area contributed by atoms with E-state index in [1.807, 2.05) is 18.2 Å². The summed E-state index contributed by atoms with van der Waals surface area (Å²) in [7, 11) is 0. The fourth-order valence-corrected chi connectivity index (χ4v) is 3.41. The molecule has 0 aliphatic heterocycles. The van der Waals surface area contributed by atoms with E-state index in [1.165, 1.54) is 11.1 Å². The topological polar surface area (TPSA) is 35.4 Å². The molecule has 0 spiro atoms. The Bertz CT molecular complexity index is 1080. The Labute approximate surface area is 165 Å². The smallest absolute Gasteiger partial charge is 0.363 e. The molecule has 0 unspecified atom stereocenters. The second-order valence-electron chi connectivity index (χ2n) is 6.60. The molecule has 0 amide bonds. The van der Waals surface area contributed by atoms with Crippen LogP contribution in [0.1, 0.15) is 0 Å². The number of fused-ring (bicyclic) bond motifs is 2. The van der Waals surface area contributed by atoms with Crippen molar-refractivity contribution in [3.63, 3.8) is 0 Å². The number of anilines is 2. The molecular formula is C25H23N2O+. The van der Waals surface area contributed by atoms with Gasteiger partial charge in [0.05, 0.1) is 22.9 Å². The number of nitrogens with one attached hydrogen (secondary N) is 2. The fraction of sp³-hybridized carbons (Fsp3) is 0.0800. The zero-order chi connectivity index (χ0) is 19.3. The highest BCUT2D eigenvalue weighted by Gasteiger charge is 2.21. The maximum absolute atomic E-state index is 6.32. The van der Waals surface area contributed by atoms with Gasteiger partial charge in [-0.15, -0.1) is 13.2 Å². The van der Waals surface area contributed by atoms with Gasteiger partial charge in [-0.05, 0) is 29.8 Å². The van der Waals surface area contributed by atoms with E-state index in [-0.39, 0.29) is 0 Å². The quantitative estimate of drug-likeness (QED) is 0.216. The third kappa shape index (κ3) is 3.47. The van der Waals surface area contributed by atoms with Crippen molar-refractivity contribution in [2.24, 2.45) is 0 Å². The predicted octanol–water partition coefficient (Wildman–Crippen LogP) is 6.73. The lowest BCUT2D eigenvalue weighted by molar-refractivity contribution is 0.661. The lowest BCUT2D eigenvalue weighted by Gasteiger charge is -2.08. The monoisotopic (exact) mass is 367 g/mol. The maximum atomic E-state index is 6.32. The second-order valence-corrected chi connectivity index (χ2v) is 6.60. The van der Waals surface area contributed by atoms with Crippen LogP contribution in [0.25, 0.3) is 33.1 Å². The molecule has 3 heteroatoms. The third-order valence-corrected chi connectivity index (χ3v) is 4.69. The van der Waals surface area contributed by atoms with Crippen LogP contribution in [-0.4, -0.2) is 13.1 Å². The molecule has 4 rings (SSSR count). The van der Waals surface area contributed by atoms with Gasteiger partial charge in [-0.25, -0.2) is 4.42 Å². The van der Waals surface area contributed by atoms with Gasteiger partial charge in [-0.1, -0.05) is 42.5 Å². The highest BCUT2D eigenvalue weighted by atomic mass is 16.3. The Hall–Kier alpha value is -3.59. The van der Waals surface area contributed by atoms with Crippen LogP contribution < -0.4 is 10.6 Å². The summed E-state index contributed by atoms with van der Waals surface area (Å²) in [6, 6.07) is 23.0. The molecule has 1 aromatic heterocycles. The number of hydrogen-bond donors (Lipinski definition) is 2. The van der Waals surface area contributed by atoms with Crippen molar-refractivity contribution in [2.75, 3.05) is 23.7 Å². The van der Waals surface area contributed by atoms with Crippen LogP contribution in [0.4, 0.5) is 11.4 Å². The summed E-state index contributed by atoms with van der Waals surface area (Å²) in [4.78, 5) is 0. The lowest BCUT2D eigenvalue weighted by atomic mass is 9.97. The summed E-state index contributed by atoms with van der Waals surface area (Å²) in [5.74, 6) is 0. The summed E-state index contributed by atoms with van der Waals surface area (Å²) in [6.45, 7) is 8.95. The van der Waals surface area contributed by atoms with Crippen LogP contribution in [0.2, 0.25) is 0 Å². The summed E-state index contributed by atoms with van der Waals surface area (Å²) in [5.41, 5.74) is 6.07. The van der Waals surface area contributed by atoms with E-state index in [0.717, 1.165) is 33.3 Å². The molecule has 4 aromatic rings. The first-order valence-electron chi connectivity index (χ1n) is 9.39. The van der Waals surface area contributed by atoms with Crippen LogP contribution in [0.3, 0.4) is 0 Å². The summed E-state index contributed by atoms with van der Waals surface area (Å²) >= 11 is 0. The van der Waals surface area contributed by atoms with Crippen LogP contribution in [-0.2, 0) is 0 Å². The molecule has 28 heavy (non-hydrogen) atoms. The molecule has 0 bridgehead atoms. The van der Waals surface area contributed by atoms with Gasteiger partial charge in [0.1, 0.15) is 0 Å². The standard InChI is InChI=1S/C25H23N2O/c1-3-14-26-19-10-12-21-23(16-19)28-24-17-20(27-15-4-2)11-13-22(24)25(21)18-8-6-5-7-9-18/h3-13,16-17,26-27H,1-2,14-15H2/q+1. The minimum atomic E-state index is 0.709. The van der Waals surface area contributed by atoms with Crippen molar-refractivity contribution in [3.8, 4) is 11.1 Å². The average Bonchev–Trinajstić information content (AvgIpc) is 2.74. The van der Waals surface area contributed by atoms with E-state index in [0.29, 0.717) is 13.1 Å². The molecule has 0 atom stereocenters. The van der Waals surface area contributed by atoms with Crippen molar-refractivity contribution < 1.29 is 4.42 Å². The van der Waals surface area contributed by atoms with Crippen molar-refractivity contribution in [1.29, 1.82) is 0 Å². The van der Waals surface area contributed by atoms with E-state index >= 15 is 0 Å². The van der Waals surface area contributed by atoms with Crippen LogP contribution in [0.15, 0.2) is 96.5 Å². The summed E-state index contributed by atoms with van der Waals surface area (Å²) in [5, 5.41) is 8.85. The van der Waals surface area contributed by atoms with Gasteiger partial charge in [0, 0.05) is 30.0 Å². The molecule has 0 aliphatic rings. The number of rotatable bonds is 7. The zero-order valence-electron chi connectivity index (χ0n) is 15.7. The molecule has 2 N–H and O–H groups in total. The van der Waals surface area contributed by atoms with Crippen LogP contribution in [0.5, 0.6) is 0 Å². The SMILES string of the molecule is C=CCNc1ccc2c(-c3ccccc3)c3ccc(NCC=C)cc3[o+]c2c1. The van der Waals surface area contributed by atoms with Gasteiger partial charge in [-0.3, -0.25) is 0 Å². The van der Waals surface area contributed by atoms with Gasteiger partial charge < -0.3 is 10.6 Å².